The number of pyridine rings is 1. The van der Waals surface area contributed by atoms with E-state index in [2.05, 4.69) is 16.0 Å². The molecule has 0 spiro atoms. The topological polar surface area (TPSA) is 36.4 Å². The van der Waals surface area contributed by atoms with Gasteiger partial charge in [-0.2, -0.15) is 0 Å². The van der Waals surface area contributed by atoms with Crippen molar-refractivity contribution >= 4 is 0 Å². The minimum Gasteiger partial charge on any atom is -0.393 e. The number of aromatic nitrogens is 1. The van der Waals surface area contributed by atoms with Crippen LogP contribution in [0.2, 0.25) is 0 Å². The molecule has 0 radical (unpaired) electrons. The van der Waals surface area contributed by atoms with E-state index >= 15 is 0 Å². The molecule has 1 aliphatic heterocycles. The first kappa shape index (κ1) is 14.1. The fourth-order valence-electron chi connectivity index (χ4n) is 1.93. The predicted molar refractivity (Wildman–Crippen MR) is 70.8 cm³/mol. The lowest BCUT2D eigenvalue weighted by atomic mass is 10.1. The fourth-order valence-corrected chi connectivity index (χ4v) is 1.93. The van der Waals surface area contributed by atoms with Gasteiger partial charge in [-0.25, -0.2) is 0 Å². The minimum atomic E-state index is -0.0857. The number of hydrogen-bond acceptors (Lipinski definition) is 3. The highest BCUT2D eigenvalue weighted by molar-refractivity contribution is 5.13. The van der Waals surface area contributed by atoms with Gasteiger partial charge in [-0.05, 0) is 31.4 Å². The Hall–Kier alpha value is -0.930. The van der Waals surface area contributed by atoms with E-state index in [1.54, 1.807) is 0 Å². The van der Waals surface area contributed by atoms with Crippen molar-refractivity contribution in [2.45, 2.75) is 46.3 Å². The van der Waals surface area contributed by atoms with Crippen molar-refractivity contribution in [1.82, 2.24) is 9.88 Å². The second kappa shape index (κ2) is 7.41. The summed E-state index contributed by atoms with van der Waals surface area (Å²) in [5, 5.41) is 9.39. The maximum absolute atomic E-state index is 9.39. The summed E-state index contributed by atoms with van der Waals surface area (Å²) in [5.41, 5.74) is 2.32. The number of aryl methyl sites for hydroxylation is 1. The van der Waals surface area contributed by atoms with Crippen molar-refractivity contribution < 1.29 is 5.11 Å². The van der Waals surface area contributed by atoms with Gasteiger partial charge in [0.05, 0.1) is 6.10 Å². The third-order valence-electron chi connectivity index (χ3n) is 2.94. The maximum Gasteiger partial charge on any atom is 0.0564 e. The number of hydrogen-bond donors (Lipinski definition) is 1. The summed E-state index contributed by atoms with van der Waals surface area (Å²) in [6.45, 7) is 8.95. The van der Waals surface area contributed by atoms with E-state index in [9.17, 15) is 5.11 Å². The zero-order valence-corrected chi connectivity index (χ0v) is 11.2. The van der Waals surface area contributed by atoms with Crippen molar-refractivity contribution in [3.63, 3.8) is 0 Å². The van der Waals surface area contributed by atoms with Gasteiger partial charge in [0.2, 0.25) is 0 Å². The second-order valence-corrected chi connectivity index (χ2v) is 4.32. The molecule has 1 saturated heterocycles. The molecule has 0 aliphatic carbocycles. The van der Waals surface area contributed by atoms with Crippen molar-refractivity contribution in [3.8, 4) is 0 Å². The van der Waals surface area contributed by atoms with Crippen molar-refractivity contribution in [1.29, 1.82) is 0 Å². The normalized spacial score (nSPS) is 17.4. The molecule has 17 heavy (non-hydrogen) atoms. The number of piperidine rings is 1. The number of likely N-dealkylation sites (tertiary alicyclic amines) is 1. The zero-order valence-electron chi connectivity index (χ0n) is 11.2. The quantitative estimate of drug-likeness (QED) is 0.856. The van der Waals surface area contributed by atoms with Crippen molar-refractivity contribution in [3.05, 3.63) is 29.6 Å². The fraction of sp³-hybridized carbons (Fsp3) is 0.643. The summed E-state index contributed by atoms with van der Waals surface area (Å²) in [6, 6.07) is 4.18. The Labute approximate surface area is 104 Å². The van der Waals surface area contributed by atoms with Gasteiger partial charge >= 0.3 is 0 Å². The standard InChI is InChI=1S/C12H18N2O.C2H6/c1-10-2-3-11(8-13-10)9-14-6-4-12(15)5-7-14;1-2/h2-3,8,12,15H,4-7,9H2,1H3;1-2H3. The number of rotatable bonds is 2. The van der Waals surface area contributed by atoms with Crippen LogP contribution in [-0.4, -0.2) is 34.2 Å². The van der Waals surface area contributed by atoms with Gasteiger partial charge in [-0.1, -0.05) is 19.9 Å². The lowest BCUT2D eigenvalue weighted by Crippen LogP contribution is -2.35. The molecular weight excluding hydrogens is 212 g/mol. The van der Waals surface area contributed by atoms with Crippen LogP contribution in [0, 0.1) is 6.92 Å². The summed E-state index contributed by atoms with van der Waals surface area (Å²) >= 11 is 0. The largest absolute Gasteiger partial charge is 0.393 e. The van der Waals surface area contributed by atoms with Crippen LogP contribution in [-0.2, 0) is 6.54 Å². The second-order valence-electron chi connectivity index (χ2n) is 4.32. The highest BCUT2D eigenvalue weighted by Crippen LogP contribution is 2.13. The average Bonchev–Trinajstić information content (AvgIpc) is 2.37. The maximum atomic E-state index is 9.39. The lowest BCUT2D eigenvalue weighted by molar-refractivity contribution is 0.0792. The number of nitrogens with zero attached hydrogens (tertiary/aromatic N) is 2. The van der Waals surface area contributed by atoms with Crippen LogP contribution in [0.1, 0.15) is 37.9 Å². The van der Waals surface area contributed by atoms with E-state index in [0.717, 1.165) is 38.2 Å². The van der Waals surface area contributed by atoms with Crippen molar-refractivity contribution in [2.75, 3.05) is 13.1 Å². The van der Waals surface area contributed by atoms with Gasteiger partial charge in [0.25, 0.3) is 0 Å². The summed E-state index contributed by atoms with van der Waals surface area (Å²) in [4.78, 5) is 6.66. The molecule has 1 N–H and O–H groups in total. The minimum absolute atomic E-state index is 0.0857. The molecule has 0 atom stereocenters. The van der Waals surface area contributed by atoms with E-state index < -0.39 is 0 Å². The highest BCUT2D eigenvalue weighted by atomic mass is 16.3. The summed E-state index contributed by atoms with van der Waals surface area (Å²) in [6.07, 6.45) is 3.66. The molecule has 0 bridgehead atoms. The molecule has 0 saturated carbocycles. The third kappa shape index (κ3) is 4.84. The molecule has 0 aromatic carbocycles. The Balaban J connectivity index is 0.000000686. The Morgan fingerprint density at radius 1 is 1.29 bits per heavy atom. The molecule has 0 amide bonds. The average molecular weight is 236 g/mol. The molecule has 1 fully saturated rings. The lowest BCUT2D eigenvalue weighted by Gasteiger charge is -2.29. The molecule has 3 nitrogen and oxygen atoms in total. The smallest absolute Gasteiger partial charge is 0.0564 e. The van der Waals surface area contributed by atoms with E-state index in [1.807, 2.05) is 33.0 Å². The first-order valence-corrected chi connectivity index (χ1v) is 6.56. The van der Waals surface area contributed by atoms with Gasteiger partial charge in [-0.15, -0.1) is 0 Å². The van der Waals surface area contributed by atoms with Crippen LogP contribution in [0.25, 0.3) is 0 Å². The van der Waals surface area contributed by atoms with Gasteiger partial charge in [0.15, 0.2) is 0 Å². The summed E-state index contributed by atoms with van der Waals surface area (Å²) in [5.74, 6) is 0. The third-order valence-corrected chi connectivity index (χ3v) is 2.94. The number of aliphatic hydroxyl groups excluding tert-OH is 1. The predicted octanol–water partition coefficient (Wildman–Crippen LogP) is 2.37. The monoisotopic (exact) mass is 236 g/mol. The van der Waals surface area contributed by atoms with Crippen LogP contribution >= 0.6 is 0 Å². The molecule has 3 heteroatoms. The van der Waals surface area contributed by atoms with Crippen LogP contribution in [0.3, 0.4) is 0 Å². The molecule has 1 aromatic rings. The molecular formula is C14H24N2O. The first-order chi connectivity index (χ1) is 8.24. The van der Waals surface area contributed by atoms with Crippen molar-refractivity contribution in [2.24, 2.45) is 0 Å². The van der Waals surface area contributed by atoms with E-state index in [0.29, 0.717) is 0 Å². The zero-order chi connectivity index (χ0) is 12.7. The van der Waals surface area contributed by atoms with Gasteiger partial charge in [0, 0.05) is 31.5 Å². The summed E-state index contributed by atoms with van der Waals surface area (Å²) < 4.78 is 0. The molecule has 2 rings (SSSR count). The Bertz CT molecular complexity index is 303. The molecule has 96 valence electrons. The van der Waals surface area contributed by atoms with Crippen LogP contribution in [0.5, 0.6) is 0 Å². The molecule has 1 aromatic heterocycles. The summed E-state index contributed by atoms with van der Waals surface area (Å²) in [7, 11) is 0. The van der Waals surface area contributed by atoms with Gasteiger partial charge in [0.1, 0.15) is 0 Å². The Morgan fingerprint density at radius 3 is 2.47 bits per heavy atom. The first-order valence-electron chi connectivity index (χ1n) is 6.56. The number of aliphatic hydroxyl groups is 1. The van der Waals surface area contributed by atoms with Gasteiger partial charge in [-0.3, -0.25) is 9.88 Å². The SMILES string of the molecule is CC.Cc1ccc(CN2CCC(O)CC2)cn1. The van der Waals surface area contributed by atoms with E-state index in [1.165, 1.54) is 5.56 Å². The van der Waals surface area contributed by atoms with Crippen LogP contribution in [0.15, 0.2) is 18.3 Å². The van der Waals surface area contributed by atoms with E-state index in [4.69, 9.17) is 0 Å². The molecule has 0 unspecified atom stereocenters. The molecule has 2 heterocycles. The van der Waals surface area contributed by atoms with E-state index in [-0.39, 0.29) is 6.10 Å². The van der Waals surface area contributed by atoms with Crippen LogP contribution < -0.4 is 0 Å². The van der Waals surface area contributed by atoms with Gasteiger partial charge < -0.3 is 5.11 Å². The Morgan fingerprint density at radius 2 is 1.94 bits per heavy atom. The van der Waals surface area contributed by atoms with Crippen LogP contribution in [0.4, 0.5) is 0 Å². The Kier molecular flexibility index (Phi) is 6.16. The highest BCUT2D eigenvalue weighted by Gasteiger charge is 2.16. The molecule has 1 aliphatic rings.